The highest BCUT2D eigenvalue weighted by Gasteiger charge is 2.12. The quantitative estimate of drug-likeness (QED) is 0.783. The zero-order valence-electron chi connectivity index (χ0n) is 8.36. The molecule has 0 amide bonds. The molecule has 3 nitrogen and oxygen atoms in total. The number of ether oxygens (including phenoxy) is 1. The topological polar surface area (TPSA) is 46.5 Å². The Hall–Kier alpha value is -1.35. The molecule has 1 N–H and O–H groups in total. The molecular formula is C11H14O3. The molecule has 0 spiro atoms. The molecule has 0 aliphatic heterocycles. The maximum Gasteiger partial charge on any atom is 0.165 e. The number of Topliss-reactive ketones (excluding diaryl/α,β-unsaturated/α-hetero) is 1. The second-order valence-electron chi connectivity index (χ2n) is 3.13. The van der Waals surface area contributed by atoms with Crippen molar-refractivity contribution >= 4 is 5.78 Å². The Morgan fingerprint density at radius 2 is 2.14 bits per heavy atom. The van der Waals surface area contributed by atoms with Crippen molar-refractivity contribution in [3.05, 3.63) is 29.8 Å². The van der Waals surface area contributed by atoms with E-state index in [-0.39, 0.29) is 12.2 Å². The van der Waals surface area contributed by atoms with Crippen LogP contribution in [-0.4, -0.2) is 24.1 Å². The van der Waals surface area contributed by atoms with Crippen LogP contribution < -0.4 is 4.74 Å². The molecule has 0 saturated carbocycles. The second-order valence-corrected chi connectivity index (χ2v) is 3.13. The van der Waals surface area contributed by atoms with Crippen molar-refractivity contribution in [3.63, 3.8) is 0 Å². The molecule has 14 heavy (non-hydrogen) atoms. The second kappa shape index (κ2) is 4.77. The van der Waals surface area contributed by atoms with Gasteiger partial charge in [-0.1, -0.05) is 18.2 Å². The van der Waals surface area contributed by atoms with Crippen LogP contribution in [0.3, 0.4) is 0 Å². The molecule has 1 unspecified atom stereocenters. The Kier molecular flexibility index (Phi) is 3.65. The Bertz CT molecular complexity index is 318. The van der Waals surface area contributed by atoms with Crippen LogP contribution in [0.15, 0.2) is 24.3 Å². The maximum atomic E-state index is 11.3. The van der Waals surface area contributed by atoms with Gasteiger partial charge in [-0.15, -0.1) is 0 Å². The zero-order valence-corrected chi connectivity index (χ0v) is 8.36. The zero-order chi connectivity index (χ0) is 10.6. The van der Waals surface area contributed by atoms with E-state index in [1.54, 1.807) is 13.2 Å². The van der Waals surface area contributed by atoms with Gasteiger partial charge in [-0.2, -0.15) is 0 Å². The molecule has 0 radical (unpaired) electrons. The van der Waals surface area contributed by atoms with Crippen molar-refractivity contribution in [1.29, 1.82) is 0 Å². The summed E-state index contributed by atoms with van der Waals surface area (Å²) in [6, 6.07) is 7.30. The third kappa shape index (κ3) is 2.57. The van der Waals surface area contributed by atoms with Crippen LogP contribution in [0.2, 0.25) is 0 Å². The van der Waals surface area contributed by atoms with E-state index in [9.17, 15) is 4.79 Å². The summed E-state index contributed by atoms with van der Waals surface area (Å²) in [6.45, 7) is 1.47. The number of ketones is 1. The minimum atomic E-state index is -0.917. The molecule has 0 heterocycles. The fraction of sp³-hybridized carbons (Fsp3) is 0.364. The molecule has 0 bridgehead atoms. The molecule has 76 valence electrons. The number of hydrogen-bond donors (Lipinski definition) is 1. The number of hydrogen-bond acceptors (Lipinski definition) is 3. The van der Waals surface area contributed by atoms with Crippen LogP contribution in [0.25, 0.3) is 0 Å². The highest BCUT2D eigenvalue weighted by atomic mass is 16.5. The van der Waals surface area contributed by atoms with Crippen LogP contribution in [0.4, 0.5) is 0 Å². The van der Waals surface area contributed by atoms with Gasteiger partial charge < -0.3 is 9.84 Å². The number of rotatable bonds is 4. The van der Waals surface area contributed by atoms with Crippen molar-refractivity contribution in [3.8, 4) is 5.75 Å². The normalized spacial score (nSPS) is 12.2. The Morgan fingerprint density at radius 3 is 2.71 bits per heavy atom. The first-order valence-electron chi connectivity index (χ1n) is 4.48. The molecule has 0 aliphatic carbocycles. The van der Waals surface area contributed by atoms with E-state index < -0.39 is 6.10 Å². The summed E-state index contributed by atoms with van der Waals surface area (Å²) in [7, 11) is 1.56. The number of aliphatic hydroxyl groups is 1. The molecule has 1 rings (SSSR count). The molecular weight excluding hydrogens is 180 g/mol. The van der Waals surface area contributed by atoms with Crippen molar-refractivity contribution in [2.75, 3.05) is 7.11 Å². The Labute approximate surface area is 83.3 Å². The number of para-hydroxylation sites is 1. The summed E-state index contributed by atoms with van der Waals surface area (Å²) >= 11 is 0. The summed E-state index contributed by atoms with van der Waals surface area (Å²) in [5, 5.41) is 9.06. The van der Waals surface area contributed by atoms with Gasteiger partial charge in [0.15, 0.2) is 5.78 Å². The molecule has 1 aromatic rings. The monoisotopic (exact) mass is 194 g/mol. The predicted octanol–water partition coefficient (Wildman–Crippen LogP) is 1.19. The van der Waals surface area contributed by atoms with Crippen LogP contribution in [0, 0.1) is 0 Å². The van der Waals surface area contributed by atoms with E-state index in [1.807, 2.05) is 18.2 Å². The van der Waals surface area contributed by atoms with E-state index in [0.29, 0.717) is 5.75 Å². The molecule has 0 aliphatic rings. The lowest BCUT2D eigenvalue weighted by Gasteiger charge is -2.08. The average molecular weight is 194 g/mol. The predicted molar refractivity (Wildman–Crippen MR) is 53.4 cm³/mol. The van der Waals surface area contributed by atoms with E-state index in [1.165, 1.54) is 6.92 Å². The van der Waals surface area contributed by atoms with Crippen molar-refractivity contribution in [2.45, 2.75) is 19.4 Å². The lowest BCUT2D eigenvalue weighted by molar-refractivity contribution is -0.125. The van der Waals surface area contributed by atoms with Crippen molar-refractivity contribution in [2.24, 2.45) is 0 Å². The standard InChI is InChI=1S/C11H14O3/c1-8(12)10(13)7-9-5-3-4-6-11(9)14-2/h3-6,8,12H,7H2,1-2H3. The number of benzene rings is 1. The van der Waals surface area contributed by atoms with E-state index in [0.717, 1.165) is 5.56 Å². The van der Waals surface area contributed by atoms with Gasteiger partial charge in [-0.25, -0.2) is 0 Å². The molecule has 3 heteroatoms. The first-order valence-corrected chi connectivity index (χ1v) is 4.48. The first-order chi connectivity index (χ1) is 6.65. The van der Waals surface area contributed by atoms with E-state index in [2.05, 4.69) is 0 Å². The third-order valence-corrected chi connectivity index (χ3v) is 2.02. The summed E-state index contributed by atoms with van der Waals surface area (Å²) in [4.78, 5) is 11.3. The van der Waals surface area contributed by atoms with Gasteiger partial charge in [-0.3, -0.25) is 4.79 Å². The van der Waals surface area contributed by atoms with Gasteiger partial charge in [0.05, 0.1) is 7.11 Å². The van der Waals surface area contributed by atoms with Crippen LogP contribution in [-0.2, 0) is 11.2 Å². The molecule has 0 fully saturated rings. The minimum absolute atomic E-state index is 0.200. The van der Waals surface area contributed by atoms with Crippen LogP contribution in [0.5, 0.6) is 5.75 Å². The minimum Gasteiger partial charge on any atom is -0.496 e. The molecule has 1 aromatic carbocycles. The van der Waals surface area contributed by atoms with Crippen LogP contribution >= 0.6 is 0 Å². The Balaban J connectivity index is 2.80. The summed E-state index contributed by atoms with van der Waals surface area (Å²) in [5.74, 6) is 0.482. The Morgan fingerprint density at radius 1 is 1.50 bits per heavy atom. The number of aliphatic hydroxyl groups excluding tert-OH is 1. The number of carbonyl (C=O) groups is 1. The van der Waals surface area contributed by atoms with Gasteiger partial charge in [0.25, 0.3) is 0 Å². The van der Waals surface area contributed by atoms with E-state index in [4.69, 9.17) is 9.84 Å². The lowest BCUT2D eigenvalue weighted by Crippen LogP contribution is -2.18. The van der Waals surface area contributed by atoms with Crippen molar-refractivity contribution in [1.82, 2.24) is 0 Å². The van der Waals surface area contributed by atoms with Crippen LogP contribution in [0.1, 0.15) is 12.5 Å². The molecule has 1 atom stereocenters. The highest BCUT2D eigenvalue weighted by molar-refractivity contribution is 5.85. The van der Waals surface area contributed by atoms with Gasteiger partial charge in [-0.05, 0) is 13.0 Å². The van der Waals surface area contributed by atoms with Gasteiger partial charge in [0, 0.05) is 12.0 Å². The molecule has 0 saturated heterocycles. The average Bonchev–Trinajstić information content (AvgIpc) is 2.18. The maximum absolute atomic E-state index is 11.3. The van der Waals surface area contributed by atoms with Gasteiger partial charge in [0.2, 0.25) is 0 Å². The third-order valence-electron chi connectivity index (χ3n) is 2.02. The molecule has 0 aromatic heterocycles. The van der Waals surface area contributed by atoms with Gasteiger partial charge in [0.1, 0.15) is 11.9 Å². The fourth-order valence-corrected chi connectivity index (χ4v) is 1.18. The summed E-state index contributed by atoms with van der Waals surface area (Å²) in [5.41, 5.74) is 0.806. The lowest BCUT2D eigenvalue weighted by atomic mass is 10.1. The largest absolute Gasteiger partial charge is 0.496 e. The number of methoxy groups -OCH3 is 1. The van der Waals surface area contributed by atoms with Gasteiger partial charge >= 0.3 is 0 Å². The first kappa shape index (κ1) is 10.7. The smallest absolute Gasteiger partial charge is 0.165 e. The summed E-state index contributed by atoms with van der Waals surface area (Å²) < 4.78 is 5.09. The SMILES string of the molecule is COc1ccccc1CC(=O)C(C)O. The van der Waals surface area contributed by atoms with Crippen molar-refractivity contribution < 1.29 is 14.6 Å². The fourth-order valence-electron chi connectivity index (χ4n) is 1.18. The highest BCUT2D eigenvalue weighted by Crippen LogP contribution is 2.18. The van der Waals surface area contributed by atoms with E-state index >= 15 is 0 Å². The summed E-state index contributed by atoms with van der Waals surface area (Å²) in [6.07, 6.45) is -0.707. The number of carbonyl (C=O) groups excluding carboxylic acids is 1.